The third-order valence-corrected chi connectivity index (χ3v) is 4.97. The van der Waals surface area contributed by atoms with Gasteiger partial charge in [-0.25, -0.2) is 4.98 Å². The first kappa shape index (κ1) is 14.9. The first-order chi connectivity index (χ1) is 10.0. The lowest BCUT2D eigenvalue weighted by Crippen LogP contribution is -2.35. The third kappa shape index (κ3) is 3.09. The molecule has 1 aliphatic heterocycles. The predicted octanol–water partition coefficient (Wildman–Crippen LogP) is 2.56. The van der Waals surface area contributed by atoms with Gasteiger partial charge in [0.15, 0.2) is 0 Å². The molecule has 3 rings (SSSR count). The van der Waals surface area contributed by atoms with Crippen LogP contribution in [0.1, 0.15) is 22.6 Å². The Kier molecular flexibility index (Phi) is 4.24. The first-order valence-corrected chi connectivity index (χ1v) is 8.22. The van der Waals surface area contributed by atoms with E-state index < -0.39 is 0 Å². The Labute approximate surface area is 139 Å². The maximum atomic E-state index is 12.1. The van der Waals surface area contributed by atoms with Crippen LogP contribution in [0.2, 0.25) is 0 Å². The number of fused-ring (bicyclic) bond motifs is 1. The molecule has 0 saturated heterocycles. The predicted molar refractivity (Wildman–Crippen MR) is 87.0 cm³/mol. The Hall–Kier alpha value is -1.05. The minimum Gasteiger partial charge on any atom is -0.310 e. The van der Waals surface area contributed by atoms with E-state index in [9.17, 15) is 4.79 Å². The van der Waals surface area contributed by atoms with Gasteiger partial charge >= 0.3 is 0 Å². The van der Waals surface area contributed by atoms with Gasteiger partial charge in [-0.3, -0.25) is 14.7 Å². The standard InChI is InChI=1S/C14H14Br2N4O/c1-8-18-13-2-3-20(7-10(13)14(21)19-8)6-9-11(15)4-17-5-12(9)16/h4-5H,2-3,6-7H2,1H3,(H,18,19,21). The summed E-state index contributed by atoms with van der Waals surface area (Å²) in [6, 6.07) is 0. The Morgan fingerprint density at radius 2 is 2.05 bits per heavy atom. The van der Waals surface area contributed by atoms with Crippen molar-refractivity contribution in [1.82, 2.24) is 19.9 Å². The van der Waals surface area contributed by atoms with Crippen LogP contribution in [0, 0.1) is 6.92 Å². The molecule has 110 valence electrons. The third-order valence-electron chi connectivity index (χ3n) is 3.60. The average molecular weight is 414 g/mol. The number of nitrogens with zero attached hydrogens (tertiary/aromatic N) is 3. The van der Waals surface area contributed by atoms with Crippen molar-refractivity contribution in [2.75, 3.05) is 6.54 Å². The van der Waals surface area contributed by atoms with E-state index in [4.69, 9.17) is 0 Å². The zero-order chi connectivity index (χ0) is 15.0. The molecule has 1 aliphatic rings. The number of rotatable bonds is 2. The van der Waals surface area contributed by atoms with Gasteiger partial charge in [0.1, 0.15) is 5.82 Å². The molecule has 0 amide bonds. The number of hydrogen-bond acceptors (Lipinski definition) is 4. The highest BCUT2D eigenvalue weighted by Gasteiger charge is 2.21. The molecule has 5 nitrogen and oxygen atoms in total. The van der Waals surface area contributed by atoms with Gasteiger partial charge in [-0.1, -0.05) is 0 Å². The Balaban J connectivity index is 1.86. The van der Waals surface area contributed by atoms with E-state index in [0.29, 0.717) is 12.4 Å². The summed E-state index contributed by atoms with van der Waals surface area (Å²) in [6.07, 6.45) is 4.38. The van der Waals surface area contributed by atoms with E-state index in [0.717, 1.165) is 45.3 Å². The van der Waals surface area contributed by atoms with Gasteiger partial charge in [0.05, 0.1) is 11.3 Å². The maximum Gasteiger partial charge on any atom is 0.255 e. The molecule has 0 atom stereocenters. The SMILES string of the molecule is Cc1nc2c(c(=O)[nH]1)CN(Cc1c(Br)cncc1Br)CC2. The number of aromatic nitrogens is 3. The number of halogens is 2. The molecule has 0 spiro atoms. The van der Waals surface area contributed by atoms with Crippen LogP contribution in [-0.4, -0.2) is 26.4 Å². The van der Waals surface area contributed by atoms with Crippen molar-refractivity contribution in [3.63, 3.8) is 0 Å². The smallest absolute Gasteiger partial charge is 0.255 e. The summed E-state index contributed by atoms with van der Waals surface area (Å²) in [6.45, 7) is 4.10. The molecule has 3 heterocycles. The average Bonchev–Trinajstić information content (AvgIpc) is 2.43. The fourth-order valence-electron chi connectivity index (χ4n) is 2.55. The molecular weight excluding hydrogens is 400 g/mol. The molecule has 0 fully saturated rings. The Morgan fingerprint density at radius 3 is 2.76 bits per heavy atom. The van der Waals surface area contributed by atoms with Crippen molar-refractivity contribution in [2.45, 2.75) is 26.4 Å². The summed E-state index contributed by atoms with van der Waals surface area (Å²) < 4.78 is 1.94. The number of aromatic amines is 1. The van der Waals surface area contributed by atoms with Crippen LogP contribution in [0.4, 0.5) is 0 Å². The lowest BCUT2D eigenvalue weighted by molar-refractivity contribution is 0.240. The largest absolute Gasteiger partial charge is 0.310 e. The monoisotopic (exact) mass is 412 g/mol. The normalized spacial score (nSPS) is 15.0. The lowest BCUT2D eigenvalue weighted by Gasteiger charge is -2.28. The van der Waals surface area contributed by atoms with Gasteiger partial charge < -0.3 is 4.98 Å². The van der Waals surface area contributed by atoms with Crippen molar-refractivity contribution in [1.29, 1.82) is 0 Å². The summed E-state index contributed by atoms with van der Waals surface area (Å²) in [4.78, 5) is 25.7. The molecule has 0 aliphatic carbocycles. The van der Waals surface area contributed by atoms with E-state index >= 15 is 0 Å². The number of pyridine rings is 1. The highest BCUT2D eigenvalue weighted by atomic mass is 79.9. The van der Waals surface area contributed by atoms with Crippen molar-refractivity contribution in [3.05, 3.63) is 54.3 Å². The van der Waals surface area contributed by atoms with Gasteiger partial charge in [0.25, 0.3) is 5.56 Å². The van der Waals surface area contributed by atoms with E-state index in [1.807, 2.05) is 6.92 Å². The van der Waals surface area contributed by atoms with Crippen LogP contribution < -0.4 is 5.56 Å². The van der Waals surface area contributed by atoms with Crippen molar-refractivity contribution in [2.24, 2.45) is 0 Å². The van der Waals surface area contributed by atoms with Crippen LogP contribution in [0.15, 0.2) is 26.1 Å². The maximum absolute atomic E-state index is 12.1. The van der Waals surface area contributed by atoms with Crippen LogP contribution in [0.25, 0.3) is 0 Å². The number of hydrogen-bond donors (Lipinski definition) is 1. The molecule has 21 heavy (non-hydrogen) atoms. The molecule has 1 N–H and O–H groups in total. The Morgan fingerprint density at radius 1 is 1.33 bits per heavy atom. The quantitative estimate of drug-likeness (QED) is 0.821. The number of aryl methyl sites for hydroxylation is 1. The van der Waals surface area contributed by atoms with Gasteiger partial charge in [0, 0.05) is 47.4 Å². The van der Waals surface area contributed by atoms with E-state index in [2.05, 4.69) is 51.7 Å². The number of H-pyrrole nitrogens is 1. The van der Waals surface area contributed by atoms with Crippen LogP contribution in [-0.2, 0) is 19.5 Å². The van der Waals surface area contributed by atoms with E-state index in [1.165, 1.54) is 0 Å². The minimum atomic E-state index is -0.0185. The summed E-state index contributed by atoms with van der Waals surface area (Å²) in [5.41, 5.74) is 2.84. The molecule has 7 heteroatoms. The van der Waals surface area contributed by atoms with Gasteiger partial charge in [-0.15, -0.1) is 0 Å². The highest BCUT2D eigenvalue weighted by molar-refractivity contribution is 9.11. The van der Waals surface area contributed by atoms with Gasteiger partial charge in [-0.05, 0) is 44.3 Å². The second kappa shape index (κ2) is 5.98. The van der Waals surface area contributed by atoms with Crippen LogP contribution in [0.5, 0.6) is 0 Å². The summed E-state index contributed by atoms with van der Waals surface area (Å²) in [5.74, 6) is 0.687. The molecule has 2 aromatic rings. The molecule has 0 aromatic carbocycles. The minimum absolute atomic E-state index is 0.0185. The molecule has 0 bridgehead atoms. The van der Waals surface area contributed by atoms with Crippen LogP contribution in [0.3, 0.4) is 0 Å². The fourth-order valence-corrected chi connectivity index (χ4v) is 3.73. The first-order valence-electron chi connectivity index (χ1n) is 6.63. The van der Waals surface area contributed by atoms with Gasteiger partial charge in [0.2, 0.25) is 0 Å². The molecule has 0 unspecified atom stereocenters. The zero-order valence-corrected chi connectivity index (χ0v) is 14.7. The Bertz CT molecular complexity index is 724. The van der Waals surface area contributed by atoms with Crippen molar-refractivity contribution in [3.8, 4) is 0 Å². The van der Waals surface area contributed by atoms with E-state index in [1.54, 1.807) is 12.4 Å². The second-order valence-electron chi connectivity index (χ2n) is 5.12. The summed E-state index contributed by atoms with van der Waals surface area (Å²) >= 11 is 7.06. The van der Waals surface area contributed by atoms with Crippen molar-refractivity contribution >= 4 is 31.9 Å². The topological polar surface area (TPSA) is 61.9 Å². The molecule has 0 saturated carbocycles. The molecule has 0 radical (unpaired) electrons. The second-order valence-corrected chi connectivity index (χ2v) is 6.83. The van der Waals surface area contributed by atoms with Crippen LogP contribution >= 0.6 is 31.9 Å². The lowest BCUT2D eigenvalue weighted by atomic mass is 10.1. The zero-order valence-electron chi connectivity index (χ0n) is 11.5. The van der Waals surface area contributed by atoms with E-state index in [-0.39, 0.29) is 5.56 Å². The summed E-state index contributed by atoms with van der Waals surface area (Å²) in [7, 11) is 0. The fraction of sp³-hybridized carbons (Fsp3) is 0.357. The number of nitrogens with one attached hydrogen (secondary N) is 1. The van der Waals surface area contributed by atoms with Crippen molar-refractivity contribution < 1.29 is 0 Å². The highest BCUT2D eigenvalue weighted by Crippen LogP contribution is 2.26. The molecule has 2 aromatic heterocycles. The summed E-state index contributed by atoms with van der Waals surface area (Å²) in [5, 5.41) is 0. The van der Waals surface area contributed by atoms with Gasteiger partial charge in [-0.2, -0.15) is 0 Å². The molecular formula is C14H14Br2N4O.